The van der Waals surface area contributed by atoms with Gasteiger partial charge in [0.15, 0.2) is 0 Å². The molecular weight excluding hydrogens is 278 g/mol. The van der Waals surface area contributed by atoms with Crippen molar-refractivity contribution in [2.45, 2.75) is 31.6 Å². The van der Waals surface area contributed by atoms with E-state index in [0.29, 0.717) is 6.42 Å². The van der Waals surface area contributed by atoms with E-state index in [-0.39, 0.29) is 18.1 Å². The summed E-state index contributed by atoms with van der Waals surface area (Å²) in [6.45, 7) is 4.36. The molecule has 116 valence electrons. The van der Waals surface area contributed by atoms with E-state index in [4.69, 9.17) is 4.74 Å². The first kappa shape index (κ1) is 15.0. The zero-order chi connectivity index (χ0) is 15.7. The first-order valence-electron chi connectivity index (χ1n) is 7.63. The van der Waals surface area contributed by atoms with Gasteiger partial charge in [0.1, 0.15) is 5.54 Å². The Labute approximate surface area is 131 Å². The molecule has 5 nitrogen and oxygen atoms in total. The van der Waals surface area contributed by atoms with Gasteiger partial charge in [0.05, 0.1) is 25.3 Å². The van der Waals surface area contributed by atoms with E-state index in [1.165, 1.54) is 12.7 Å². The number of esters is 1. The second-order valence-electron chi connectivity index (χ2n) is 6.27. The SMILES string of the molecule is COC(=O)C1(C)CC(C#N)C2N(Cc3ccccc3)CCN21. The lowest BCUT2D eigenvalue weighted by molar-refractivity contribution is -0.153. The van der Waals surface area contributed by atoms with Gasteiger partial charge in [-0.1, -0.05) is 30.3 Å². The highest BCUT2D eigenvalue weighted by Gasteiger charge is 2.58. The topological polar surface area (TPSA) is 56.6 Å². The number of hydrogen-bond acceptors (Lipinski definition) is 5. The van der Waals surface area contributed by atoms with Crippen LogP contribution in [0, 0.1) is 17.2 Å². The van der Waals surface area contributed by atoms with Crippen LogP contribution in [-0.4, -0.2) is 47.7 Å². The van der Waals surface area contributed by atoms with Crippen molar-refractivity contribution in [3.8, 4) is 6.07 Å². The summed E-state index contributed by atoms with van der Waals surface area (Å²) in [6.07, 6.45) is 0.529. The quantitative estimate of drug-likeness (QED) is 0.794. The molecule has 3 unspecified atom stereocenters. The van der Waals surface area contributed by atoms with Crippen LogP contribution in [0.25, 0.3) is 0 Å². The smallest absolute Gasteiger partial charge is 0.326 e. The molecule has 22 heavy (non-hydrogen) atoms. The van der Waals surface area contributed by atoms with Gasteiger partial charge in [-0.15, -0.1) is 0 Å². The molecule has 2 saturated heterocycles. The Kier molecular flexibility index (Phi) is 3.90. The number of hydrogen-bond donors (Lipinski definition) is 0. The zero-order valence-corrected chi connectivity index (χ0v) is 13.0. The summed E-state index contributed by atoms with van der Waals surface area (Å²) < 4.78 is 4.98. The molecule has 3 rings (SSSR count). The minimum absolute atomic E-state index is 0.00527. The Bertz CT molecular complexity index is 598. The number of benzene rings is 1. The Hall–Kier alpha value is -1.90. The van der Waals surface area contributed by atoms with Crippen molar-refractivity contribution in [1.82, 2.24) is 9.80 Å². The van der Waals surface area contributed by atoms with Gasteiger partial charge in [-0.05, 0) is 18.9 Å². The second kappa shape index (κ2) is 5.71. The normalized spacial score (nSPS) is 31.7. The average Bonchev–Trinajstić information content (AvgIpc) is 3.08. The molecule has 0 radical (unpaired) electrons. The van der Waals surface area contributed by atoms with Crippen LogP contribution in [0.3, 0.4) is 0 Å². The van der Waals surface area contributed by atoms with E-state index in [0.717, 1.165) is 19.6 Å². The van der Waals surface area contributed by atoms with E-state index >= 15 is 0 Å². The third-order valence-corrected chi connectivity index (χ3v) is 4.95. The highest BCUT2D eigenvalue weighted by molar-refractivity contribution is 5.81. The molecule has 2 heterocycles. The number of carbonyl (C=O) groups excluding carboxylic acids is 1. The second-order valence-corrected chi connectivity index (χ2v) is 6.27. The monoisotopic (exact) mass is 299 g/mol. The highest BCUT2D eigenvalue weighted by Crippen LogP contribution is 2.43. The molecule has 2 fully saturated rings. The fourth-order valence-corrected chi connectivity index (χ4v) is 3.88. The van der Waals surface area contributed by atoms with Crippen molar-refractivity contribution in [2.75, 3.05) is 20.2 Å². The predicted molar refractivity (Wildman–Crippen MR) is 81.5 cm³/mol. The van der Waals surface area contributed by atoms with E-state index in [2.05, 4.69) is 28.0 Å². The van der Waals surface area contributed by atoms with Crippen molar-refractivity contribution < 1.29 is 9.53 Å². The number of rotatable bonds is 3. The maximum Gasteiger partial charge on any atom is 0.326 e. The van der Waals surface area contributed by atoms with Gasteiger partial charge in [0.2, 0.25) is 0 Å². The molecule has 0 aliphatic carbocycles. The van der Waals surface area contributed by atoms with Crippen LogP contribution in [-0.2, 0) is 16.1 Å². The van der Waals surface area contributed by atoms with Crippen molar-refractivity contribution in [3.05, 3.63) is 35.9 Å². The summed E-state index contributed by atoms with van der Waals surface area (Å²) in [5.74, 6) is -0.410. The zero-order valence-electron chi connectivity index (χ0n) is 13.0. The molecule has 0 amide bonds. The summed E-state index contributed by atoms with van der Waals surface area (Å²) >= 11 is 0. The summed E-state index contributed by atoms with van der Waals surface area (Å²) in [6, 6.07) is 12.6. The van der Waals surface area contributed by atoms with Crippen LogP contribution in [0.1, 0.15) is 18.9 Å². The largest absolute Gasteiger partial charge is 0.468 e. The molecule has 1 aromatic rings. The third kappa shape index (κ3) is 2.29. The molecule has 0 aromatic heterocycles. The van der Waals surface area contributed by atoms with Crippen molar-refractivity contribution in [1.29, 1.82) is 5.26 Å². The number of nitriles is 1. The van der Waals surface area contributed by atoms with Gasteiger partial charge in [0.25, 0.3) is 0 Å². The minimum Gasteiger partial charge on any atom is -0.468 e. The van der Waals surface area contributed by atoms with E-state index in [1.54, 1.807) is 0 Å². The van der Waals surface area contributed by atoms with E-state index in [9.17, 15) is 10.1 Å². The molecule has 2 aliphatic rings. The molecule has 3 atom stereocenters. The Balaban J connectivity index is 1.84. The van der Waals surface area contributed by atoms with E-state index in [1.807, 2.05) is 25.1 Å². The third-order valence-electron chi connectivity index (χ3n) is 4.95. The number of nitrogens with zero attached hydrogens (tertiary/aromatic N) is 3. The van der Waals surface area contributed by atoms with Crippen LogP contribution in [0.15, 0.2) is 30.3 Å². The highest BCUT2D eigenvalue weighted by atomic mass is 16.5. The average molecular weight is 299 g/mol. The molecule has 2 aliphatic heterocycles. The molecular formula is C17H21N3O2. The number of methoxy groups -OCH3 is 1. The summed E-state index contributed by atoms with van der Waals surface area (Å²) in [5.41, 5.74) is 0.540. The van der Waals surface area contributed by atoms with Gasteiger partial charge in [-0.2, -0.15) is 5.26 Å². The van der Waals surface area contributed by atoms with Gasteiger partial charge >= 0.3 is 5.97 Å². The maximum atomic E-state index is 12.2. The van der Waals surface area contributed by atoms with Crippen molar-refractivity contribution >= 4 is 5.97 Å². The standard InChI is InChI=1S/C17H21N3O2/c1-17(16(21)22-2)10-14(11-18)15-19(8-9-20(15)17)12-13-6-4-3-5-7-13/h3-7,14-15H,8-10,12H2,1-2H3. The fraction of sp³-hybridized carbons (Fsp3) is 0.529. The lowest BCUT2D eigenvalue weighted by atomic mass is 9.94. The Morgan fingerprint density at radius 3 is 2.77 bits per heavy atom. The van der Waals surface area contributed by atoms with Gasteiger partial charge in [0, 0.05) is 19.6 Å². The number of ether oxygens (including phenoxy) is 1. The minimum atomic E-state index is -0.689. The summed E-state index contributed by atoms with van der Waals surface area (Å²) in [7, 11) is 1.42. The van der Waals surface area contributed by atoms with Crippen LogP contribution in [0.5, 0.6) is 0 Å². The first-order valence-corrected chi connectivity index (χ1v) is 7.63. The molecule has 0 saturated carbocycles. The van der Waals surface area contributed by atoms with Crippen molar-refractivity contribution in [2.24, 2.45) is 5.92 Å². The van der Waals surface area contributed by atoms with Crippen molar-refractivity contribution in [3.63, 3.8) is 0 Å². The lowest BCUT2D eigenvalue weighted by Crippen LogP contribution is -2.50. The van der Waals surface area contributed by atoms with Crippen LogP contribution < -0.4 is 0 Å². The van der Waals surface area contributed by atoms with Gasteiger partial charge in [-0.3, -0.25) is 14.6 Å². The molecule has 5 heteroatoms. The molecule has 0 bridgehead atoms. The van der Waals surface area contributed by atoms with Crippen LogP contribution >= 0.6 is 0 Å². The Morgan fingerprint density at radius 2 is 2.14 bits per heavy atom. The fourth-order valence-electron chi connectivity index (χ4n) is 3.88. The van der Waals surface area contributed by atoms with Gasteiger partial charge in [-0.25, -0.2) is 0 Å². The summed E-state index contributed by atoms with van der Waals surface area (Å²) in [5, 5.41) is 9.53. The van der Waals surface area contributed by atoms with Crippen LogP contribution in [0.2, 0.25) is 0 Å². The summed E-state index contributed by atoms with van der Waals surface area (Å²) in [4.78, 5) is 16.7. The van der Waals surface area contributed by atoms with E-state index < -0.39 is 5.54 Å². The first-order chi connectivity index (χ1) is 10.6. The Morgan fingerprint density at radius 1 is 1.41 bits per heavy atom. The predicted octanol–water partition coefficient (Wildman–Crippen LogP) is 1.61. The number of carbonyl (C=O) groups is 1. The maximum absolute atomic E-state index is 12.2. The molecule has 0 N–H and O–H groups in total. The van der Waals surface area contributed by atoms with Gasteiger partial charge < -0.3 is 4.74 Å². The lowest BCUT2D eigenvalue weighted by Gasteiger charge is -2.32. The molecule has 1 aromatic carbocycles. The number of fused-ring (bicyclic) bond motifs is 1. The van der Waals surface area contributed by atoms with Crippen LogP contribution in [0.4, 0.5) is 0 Å². The molecule has 0 spiro atoms.